The van der Waals surface area contributed by atoms with E-state index in [1.807, 2.05) is 13.8 Å². The van der Waals surface area contributed by atoms with Crippen LogP contribution < -0.4 is 0 Å². The van der Waals surface area contributed by atoms with Crippen molar-refractivity contribution in [2.45, 2.75) is 13.8 Å². The van der Waals surface area contributed by atoms with Gasteiger partial charge < -0.3 is 0 Å². The molecular weight excluding hydrogens is 204 g/mol. The Morgan fingerprint density at radius 2 is 0.500 bits per heavy atom. The van der Waals surface area contributed by atoms with Crippen LogP contribution in [0.15, 0.2) is 0 Å². The van der Waals surface area contributed by atoms with Crippen molar-refractivity contribution in [2.24, 2.45) is 0 Å². The maximum atomic E-state index is 2.00. The van der Waals surface area contributed by atoms with E-state index in [0.717, 1.165) is 0 Å². The van der Waals surface area contributed by atoms with Crippen LogP contribution in [0.4, 0.5) is 9.41 Å². The molecule has 0 aliphatic carbocycles. The molecule has 0 aliphatic rings. The zero-order chi connectivity index (χ0) is 2.00. The van der Waals surface area contributed by atoms with Gasteiger partial charge in [-0.2, -0.15) is 0 Å². The van der Waals surface area contributed by atoms with Gasteiger partial charge in [-0.3, -0.25) is 9.41 Å². The lowest BCUT2D eigenvalue weighted by molar-refractivity contribution is 1.11. The van der Waals surface area contributed by atoms with E-state index in [1.54, 1.807) is 0 Å². The molecule has 0 heterocycles. The van der Waals surface area contributed by atoms with Crippen LogP contribution in [0.5, 0.6) is 0 Å². The van der Waals surface area contributed by atoms with E-state index in [4.69, 9.17) is 0 Å². The molecule has 0 spiro atoms. The van der Waals surface area contributed by atoms with E-state index in [-0.39, 0.29) is 59.0 Å². The highest BCUT2D eigenvalue weighted by Crippen LogP contribution is 1.14. The van der Waals surface area contributed by atoms with Crippen molar-refractivity contribution in [2.75, 3.05) is 0 Å². The average molecular weight is 216 g/mol. The van der Waals surface area contributed by atoms with Gasteiger partial charge in [0, 0.05) is 0 Å². The van der Waals surface area contributed by atoms with Gasteiger partial charge in [-0.15, -0.1) is 49.6 Å². The molecule has 0 aliphatic heterocycles. The Morgan fingerprint density at radius 1 is 0.500 bits per heavy atom. The maximum Gasteiger partial charge on any atom is -0.0683 e. The Balaban J connectivity index is -0.000000000333. The lowest BCUT2D eigenvalue weighted by Gasteiger charge is -1.07. The lowest BCUT2D eigenvalue weighted by Crippen LogP contribution is -0.856. The predicted molar refractivity (Wildman–Crippen MR) is 45.3 cm³/mol. The summed E-state index contributed by atoms with van der Waals surface area (Å²) in [4.78, 5) is 0. The number of hydrogen-bond donors (Lipinski definition) is 0. The SMILES string of the molecule is CC.Cl.Cl.Cl.Cl.F.F. The van der Waals surface area contributed by atoms with Crippen LogP contribution in [0.25, 0.3) is 0 Å². The van der Waals surface area contributed by atoms with Gasteiger partial charge >= 0.3 is 0 Å². The molecule has 0 amide bonds. The fraction of sp³-hybridized carbons (Fsp3) is 1.00. The molecule has 0 bridgehead atoms. The lowest BCUT2D eigenvalue weighted by atomic mass is 11.0. The molecule has 0 aromatic carbocycles. The predicted octanol–water partition coefficient (Wildman–Crippen LogP) is 3.02. The molecule has 0 unspecified atom stereocenters. The molecule has 0 radical (unpaired) electrons. The van der Waals surface area contributed by atoms with Gasteiger partial charge in [0.15, 0.2) is 0 Å². The van der Waals surface area contributed by atoms with E-state index in [0.29, 0.717) is 0 Å². The van der Waals surface area contributed by atoms with Crippen LogP contribution in [-0.4, -0.2) is 0 Å². The van der Waals surface area contributed by atoms with Gasteiger partial charge in [-0.25, -0.2) is 0 Å². The largest absolute Gasteiger partial charge is 0.269 e. The molecule has 0 saturated heterocycles. The zero-order valence-corrected chi connectivity index (χ0v) is 7.72. The summed E-state index contributed by atoms with van der Waals surface area (Å²) in [7, 11) is 0. The maximum absolute atomic E-state index is 2.00. The minimum atomic E-state index is 0. The van der Waals surface area contributed by atoms with Crippen molar-refractivity contribution in [3.8, 4) is 0 Å². The van der Waals surface area contributed by atoms with E-state index in [9.17, 15) is 0 Å². The summed E-state index contributed by atoms with van der Waals surface area (Å²) in [6.45, 7) is 4.00. The van der Waals surface area contributed by atoms with Crippen molar-refractivity contribution in [1.82, 2.24) is 0 Å². The van der Waals surface area contributed by atoms with Gasteiger partial charge in [-0.05, 0) is 0 Å². The summed E-state index contributed by atoms with van der Waals surface area (Å²) in [6.07, 6.45) is 0. The Kier molecular flexibility index (Phi) is 6750. The van der Waals surface area contributed by atoms with E-state index in [1.165, 1.54) is 0 Å². The fourth-order valence-electron chi connectivity index (χ4n) is 0. The smallest absolute Gasteiger partial charge is 0.0683 e. The number of hydrogen-bond acceptors (Lipinski definition) is 0. The second-order valence-electron chi connectivity index (χ2n) is 0. The molecule has 62 valence electrons. The van der Waals surface area contributed by atoms with Crippen LogP contribution in [0.3, 0.4) is 0 Å². The van der Waals surface area contributed by atoms with Crippen LogP contribution >= 0.6 is 49.6 Å². The highest BCUT2D eigenvalue weighted by Gasteiger charge is 0.932. The molecule has 0 N–H and O–H groups in total. The standard InChI is InChI=1S/C2H6.4ClH.2FH/c1-2;;;;;;/h1-2H3;6*1H. The third-order valence-electron chi connectivity index (χ3n) is 0. The van der Waals surface area contributed by atoms with Crippen LogP contribution in [0, 0.1) is 0 Å². The average Bonchev–Trinajstić information content (AvgIpc) is 1.00. The van der Waals surface area contributed by atoms with Crippen molar-refractivity contribution in [3.63, 3.8) is 0 Å². The summed E-state index contributed by atoms with van der Waals surface area (Å²) in [5, 5.41) is 0. The van der Waals surface area contributed by atoms with Crippen LogP contribution in [0.1, 0.15) is 13.8 Å². The molecule has 0 aromatic heterocycles. The monoisotopic (exact) mass is 214 g/mol. The molecule has 0 saturated carbocycles. The Hall–Kier alpha value is 1.02. The first-order valence-electron chi connectivity index (χ1n) is 1.00. The van der Waals surface area contributed by atoms with E-state index < -0.39 is 0 Å². The van der Waals surface area contributed by atoms with Gasteiger partial charge in [0.2, 0.25) is 0 Å². The molecule has 0 aromatic rings. The first-order chi connectivity index (χ1) is 1.00. The van der Waals surface area contributed by atoms with Gasteiger partial charge in [0.1, 0.15) is 0 Å². The molecule has 0 nitrogen and oxygen atoms in total. The molecular formula is C2H12Cl4F2. The summed E-state index contributed by atoms with van der Waals surface area (Å²) in [5.74, 6) is 0. The summed E-state index contributed by atoms with van der Waals surface area (Å²) >= 11 is 0. The van der Waals surface area contributed by atoms with E-state index >= 15 is 0 Å². The second-order valence-corrected chi connectivity index (χ2v) is 0. The Labute approximate surface area is 73.2 Å². The third-order valence-corrected chi connectivity index (χ3v) is 0. The minimum Gasteiger partial charge on any atom is -0.269 e. The minimum absolute atomic E-state index is 0. The van der Waals surface area contributed by atoms with E-state index in [2.05, 4.69) is 0 Å². The van der Waals surface area contributed by atoms with Crippen LogP contribution in [0.2, 0.25) is 0 Å². The number of rotatable bonds is 0. The van der Waals surface area contributed by atoms with Crippen molar-refractivity contribution in [1.29, 1.82) is 0 Å². The summed E-state index contributed by atoms with van der Waals surface area (Å²) in [6, 6.07) is 0. The molecule has 0 atom stereocenters. The fourth-order valence-corrected chi connectivity index (χ4v) is 0. The summed E-state index contributed by atoms with van der Waals surface area (Å²) in [5.41, 5.74) is 0. The molecule has 0 fully saturated rings. The van der Waals surface area contributed by atoms with Gasteiger partial charge in [0.25, 0.3) is 0 Å². The quantitative estimate of drug-likeness (QED) is 0.583. The first kappa shape index (κ1) is 142. The normalized spacial score (nSPS) is 0.750. The van der Waals surface area contributed by atoms with Gasteiger partial charge in [-0.1, -0.05) is 13.8 Å². The molecule has 8 heavy (non-hydrogen) atoms. The highest BCUT2D eigenvalue weighted by atomic mass is 35.5. The van der Waals surface area contributed by atoms with Crippen molar-refractivity contribution >= 4 is 49.6 Å². The molecule has 0 rings (SSSR count). The highest BCUT2D eigenvalue weighted by molar-refractivity contribution is 5.86. The third kappa shape index (κ3) is 245. The Bertz CT molecular complexity index is 12.0. The second kappa shape index (κ2) is 380. The van der Waals surface area contributed by atoms with Crippen molar-refractivity contribution < 1.29 is 9.41 Å². The zero-order valence-electron chi connectivity index (χ0n) is 4.45. The Morgan fingerprint density at radius 3 is 0.500 bits per heavy atom. The topological polar surface area (TPSA) is 0 Å². The molecule has 6 heteroatoms. The van der Waals surface area contributed by atoms with Crippen LogP contribution in [-0.2, 0) is 0 Å². The number of halogens is 6. The summed E-state index contributed by atoms with van der Waals surface area (Å²) < 4.78 is 0. The first-order valence-corrected chi connectivity index (χ1v) is 1.00. The van der Waals surface area contributed by atoms with Gasteiger partial charge in [0.05, 0.1) is 0 Å². The van der Waals surface area contributed by atoms with Crippen molar-refractivity contribution in [3.05, 3.63) is 0 Å².